The number of benzene rings is 1. The fourth-order valence-corrected chi connectivity index (χ4v) is 4.87. The Kier molecular flexibility index (Phi) is 7.29. The van der Waals surface area contributed by atoms with Crippen molar-refractivity contribution in [2.75, 3.05) is 46.8 Å². The van der Waals surface area contributed by atoms with E-state index < -0.39 is 21.8 Å². The first-order valence-electron chi connectivity index (χ1n) is 9.12. The minimum absolute atomic E-state index is 0.0951. The van der Waals surface area contributed by atoms with Crippen LogP contribution in [0.5, 0.6) is 0 Å². The molecule has 154 valence electrons. The zero-order valence-corrected chi connectivity index (χ0v) is 16.9. The predicted molar refractivity (Wildman–Crippen MR) is 99.0 cm³/mol. The first-order chi connectivity index (χ1) is 12.6. The lowest BCUT2D eigenvalue weighted by Crippen LogP contribution is -2.45. The molecule has 1 aliphatic rings. The van der Waals surface area contributed by atoms with Crippen LogP contribution in [0.3, 0.4) is 0 Å². The summed E-state index contributed by atoms with van der Waals surface area (Å²) < 4.78 is 66.6. The van der Waals surface area contributed by atoms with Crippen molar-refractivity contribution in [2.24, 2.45) is 0 Å². The van der Waals surface area contributed by atoms with Gasteiger partial charge in [-0.25, -0.2) is 8.42 Å². The molecule has 1 saturated heterocycles. The average Bonchev–Trinajstić information content (AvgIpc) is 3.04. The molecule has 1 aliphatic heterocycles. The van der Waals surface area contributed by atoms with Gasteiger partial charge in [-0.15, -0.1) is 0 Å². The second-order valence-electron chi connectivity index (χ2n) is 7.12. The van der Waals surface area contributed by atoms with Crippen LogP contribution in [0.15, 0.2) is 29.2 Å². The van der Waals surface area contributed by atoms with Crippen molar-refractivity contribution >= 4 is 10.0 Å². The van der Waals surface area contributed by atoms with Crippen molar-refractivity contribution < 1.29 is 21.6 Å². The normalized spacial score (nSPS) is 19.3. The molecule has 0 aromatic heterocycles. The summed E-state index contributed by atoms with van der Waals surface area (Å²) in [4.78, 5) is 3.78. The van der Waals surface area contributed by atoms with Gasteiger partial charge in [-0.1, -0.05) is 13.0 Å². The van der Waals surface area contributed by atoms with Gasteiger partial charge in [0.15, 0.2) is 0 Å². The molecular formula is C18H28F3N3O2S. The lowest BCUT2D eigenvalue weighted by atomic mass is 10.2. The summed E-state index contributed by atoms with van der Waals surface area (Å²) >= 11 is 0. The molecule has 9 heteroatoms. The molecule has 2 rings (SSSR count). The number of halogens is 3. The minimum atomic E-state index is -4.58. The number of hydrogen-bond donors (Lipinski definition) is 0. The number of alkyl halides is 3. The molecule has 1 heterocycles. The quantitative estimate of drug-likeness (QED) is 0.665. The molecule has 0 radical (unpaired) electrons. The van der Waals surface area contributed by atoms with Gasteiger partial charge < -0.3 is 4.90 Å². The molecule has 0 saturated carbocycles. The lowest BCUT2D eigenvalue weighted by molar-refractivity contribution is -0.137. The molecule has 0 aliphatic carbocycles. The number of hydrogen-bond acceptors (Lipinski definition) is 4. The third-order valence-corrected chi connectivity index (χ3v) is 6.78. The molecular weight excluding hydrogens is 379 g/mol. The van der Waals surface area contributed by atoms with Crippen molar-refractivity contribution in [1.82, 2.24) is 14.1 Å². The number of likely N-dealkylation sites (N-methyl/N-ethyl adjacent to an activating group) is 2. The Bertz CT molecular complexity index is 723. The molecule has 5 nitrogen and oxygen atoms in total. The van der Waals surface area contributed by atoms with Crippen LogP contribution in [0.2, 0.25) is 0 Å². The highest BCUT2D eigenvalue weighted by molar-refractivity contribution is 7.89. The van der Waals surface area contributed by atoms with Crippen LogP contribution in [0.25, 0.3) is 0 Å². The van der Waals surface area contributed by atoms with Crippen molar-refractivity contribution in [3.05, 3.63) is 29.8 Å². The predicted octanol–water partition coefficient (Wildman–Crippen LogP) is 2.74. The first kappa shape index (κ1) is 22.1. The van der Waals surface area contributed by atoms with E-state index in [1.165, 1.54) is 10.4 Å². The summed E-state index contributed by atoms with van der Waals surface area (Å²) in [6.45, 7) is 4.81. The Hall–Kier alpha value is -1.16. The minimum Gasteiger partial charge on any atom is -0.308 e. The molecule has 1 fully saturated rings. The van der Waals surface area contributed by atoms with Crippen molar-refractivity contribution in [3.8, 4) is 0 Å². The fraction of sp³-hybridized carbons (Fsp3) is 0.667. The van der Waals surface area contributed by atoms with Gasteiger partial charge in [0.2, 0.25) is 10.0 Å². The van der Waals surface area contributed by atoms with Gasteiger partial charge in [-0.05, 0) is 58.2 Å². The van der Waals surface area contributed by atoms with Crippen LogP contribution in [0.4, 0.5) is 13.2 Å². The van der Waals surface area contributed by atoms with E-state index >= 15 is 0 Å². The topological polar surface area (TPSA) is 43.9 Å². The first-order valence-corrected chi connectivity index (χ1v) is 10.6. The molecule has 0 N–H and O–H groups in total. The molecule has 1 aromatic carbocycles. The maximum absolute atomic E-state index is 13.1. The van der Waals surface area contributed by atoms with E-state index in [9.17, 15) is 21.6 Å². The van der Waals surface area contributed by atoms with Crippen LogP contribution in [0, 0.1) is 0 Å². The molecule has 0 bridgehead atoms. The third kappa shape index (κ3) is 5.66. The highest BCUT2D eigenvalue weighted by atomic mass is 32.2. The average molecular weight is 408 g/mol. The molecule has 1 aromatic rings. The summed E-state index contributed by atoms with van der Waals surface area (Å²) in [6, 6.07) is 4.09. The maximum atomic E-state index is 13.1. The van der Waals surface area contributed by atoms with E-state index in [0.29, 0.717) is 13.1 Å². The van der Waals surface area contributed by atoms with E-state index in [2.05, 4.69) is 4.90 Å². The summed E-state index contributed by atoms with van der Waals surface area (Å²) in [5.41, 5.74) is -0.952. The van der Waals surface area contributed by atoms with Gasteiger partial charge in [-0.2, -0.15) is 17.5 Å². The third-order valence-electron chi connectivity index (χ3n) is 4.92. The summed E-state index contributed by atoms with van der Waals surface area (Å²) in [5, 5.41) is 0. The second kappa shape index (κ2) is 8.89. The highest BCUT2D eigenvalue weighted by Gasteiger charge is 2.34. The van der Waals surface area contributed by atoms with Gasteiger partial charge in [0.05, 0.1) is 10.5 Å². The van der Waals surface area contributed by atoms with Gasteiger partial charge in [0.25, 0.3) is 0 Å². The van der Waals surface area contributed by atoms with Crippen LogP contribution in [-0.4, -0.2) is 75.4 Å². The summed E-state index contributed by atoms with van der Waals surface area (Å²) in [7, 11) is -0.346. The Morgan fingerprint density at radius 1 is 1.22 bits per heavy atom. The Morgan fingerprint density at radius 2 is 1.93 bits per heavy atom. The standard InChI is InChI=1S/C18H28F3N3O2S/c1-4-23-10-6-8-16(23)14-24(12-11-22(2)3)27(25,26)17-9-5-7-15(13-17)18(19,20)21/h5,7,9,13,16H,4,6,8,10-12,14H2,1-3H3. The molecule has 0 spiro atoms. The Balaban J connectivity index is 2.32. The largest absolute Gasteiger partial charge is 0.416 e. The Labute approximate surface area is 159 Å². The van der Waals surface area contributed by atoms with Crippen molar-refractivity contribution in [2.45, 2.75) is 36.9 Å². The van der Waals surface area contributed by atoms with E-state index in [-0.39, 0.29) is 17.5 Å². The number of rotatable bonds is 8. The van der Waals surface area contributed by atoms with Gasteiger partial charge in [0, 0.05) is 25.7 Å². The van der Waals surface area contributed by atoms with Crippen molar-refractivity contribution in [3.63, 3.8) is 0 Å². The maximum Gasteiger partial charge on any atom is 0.416 e. The molecule has 0 amide bonds. The van der Waals surface area contributed by atoms with E-state index in [4.69, 9.17) is 0 Å². The summed E-state index contributed by atoms with van der Waals surface area (Å²) in [6.07, 6.45) is -2.68. The van der Waals surface area contributed by atoms with Crippen LogP contribution in [-0.2, 0) is 16.2 Å². The Morgan fingerprint density at radius 3 is 2.52 bits per heavy atom. The van der Waals surface area contributed by atoms with E-state index in [1.54, 1.807) is 0 Å². The van der Waals surface area contributed by atoms with Crippen molar-refractivity contribution in [1.29, 1.82) is 0 Å². The van der Waals surface area contributed by atoms with E-state index in [0.717, 1.165) is 44.1 Å². The monoisotopic (exact) mass is 407 g/mol. The number of likely N-dealkylation sites (tertiary alicyclic amines) is 1. The molecule has 1 atom stereocenters. The molecule has 27 heavy (non-hydrogen) atoms. The SMILES string of the molecule is CCN1CCCC1CN(CCN(C)C)S(=O)(=O)c1cccc(C(F)(F)F)c1. The lowest BCUT2D eigenvalue weighted by Gasteiger charge is -2.30. The second-order valence-corrected chi connectivity index (χ2v) is 9.05. The van der Waals surface area contributed by atoms with Gasteiger partial charge >= 0.3 is 6.18 Å². The van der Waals surface area contributed by atoms with Crippen LogP contribution < -0.4 is 0 Å². The van der Waals surface area contributed by atoms with Gasteiger partial charge in [0.1, 0.15) is 0 Å². The van der Waals surface area contributed by atoms with E-state index in [1.807, 2.05) is 25.9 Å². The summed E-state index contributed by atoms with van der Waals surface area (Å²) in [5.74, 6) is 0. The van der Waals surface area contributed by atoms with Crippen LogP contribution >= 0.6 is 0 Å². The smallest absolute Gasteiger partial charge is 0.308 e. The zero-order valence-electron chi connectivity index (χ0n) is 16.0. The number of sulfonamides is 1. The highest BCUT2D eigenvalue weighted by Crippen LogP contribution is 2.31. The van der Waals surface area contributed by atoms with Crippen LogP contribution in [0.1, 0.15) is 25.3 Å². The number of nitrogens with zero attached hydrogens (tertiary/aromatic N) is 3. The molecule has 1 unspecified atom stereocenters. The fourth-order valence-electron chi connectivity index (χ4n) is 3.36. The van der Waals surface area contributed by atoms with Gasteiger partial charge in [-0.3, -0.25) is 4.90 Å². The zero-order chi connectivity index (χ0) is 20.2.